The van der Waals surface area contributed by atoms with Gasteiger partial charge in [-0.3, -0.25) is 9.59 Å². The normalized spacial score (nSPS) is 12.6. The number of hydrogen-bond donors (Lipinski definition) is 3. The summed E-state index contributed by atoms with van der Waals surface area (Å²) in [6.45, 7) is 1.26. The molecule has 0 aliphatic heterocycles. The van der Waals surface area contributed by atoms with Crippen molar-refractivity contribution in [2.75, 3.05) is 0 Å². The molecule has 0 fully saturated rings. The van der Waals surface area contributed by atoms with Gasteiger partial charge in [-0.2, -0.15) is 5.48 Å². The third kappa shape index (κ3) is 3.16. The molecule has 0 aromatic carbocycles. The monoisotopic (exact) mass is 147 g/mol. The predicted molar refractivity (Wildman–Crippen MR) is 31.6 cm³/mol. The summed E-state index contributed by atoms with van der Waals surface area (Å²) in [6.07, 6.45) is -0.203. The molecular formula is C5H9NO4. The average molecular weight is 147 g/mol. The molecule has 1 unspecified atom stereocenters. The van der Waals surface area contributed by atoms with Gasteiger partial charge >= 0.3 is 5.97 Å². The van der Waals surface area contributed by atoms with Crippen LogP contribution in [0.4, 0.5) is 0 Å². The smallest absolute Gasteiger partial charge is 0.323 e. The first-order valence-electron chi connectivity index (χ1n) is 2.69. The van der Waals surface area contributed by atoms with E-state index in [-0.39, 0.29) is 12.2 Å². The van der Waals surface area contributed by atoms with Crippen LogP contribution in [0.1, 0.15) is 13.3 Å². The minimum absolute atomic E-state index is 0.203. The fraction of sp³-hybridized carbons (Fsp3) is 0.600. The van der Waals surface area contributed by atoms with Gasteiger partial charge < -0.3 is 10.3 Å². The number of nitrogens with one attached hydrogen (secondary N) is 1. The molecule has 0 aliphatic carbocycles. The maximum Gasteiger partial charge on any atom is 0.323 e. The van der Waals surface area contributed by atoms with E-state index in [0.29, 0.717) is 0 Å². The lowest BCUT2D eigenvalue weighted by Crippen LogP contribution is -2.35. The molecule has 5 heteroatoms. The van der Waals surface area contributed by atoms with Crippen LogP contribution in [0.3, 0.4) is 0 Å². The van der Waals surface area contributed by atoms with Crippen molar-refractivity contribution < 1.29 is 19.9 Å². The Morgan fingerprint density at radius 3 is 2.20 bits per heavy atom. The molecule has 0 saturated heterocycles. The molecule has 10 heavy (non-hydrogen) atoms. The first-order chi connectivity index (χ1) is 4.57. The van der Waals surface area contributed by atoms with Crippen LogP contribution in [0, 0.1) is 0 Å². The quantitative estimate of drug-likeness (QED) is 0.462. The van der Waals surface area contributed by atoms with Crippen molar-refractivity contribution in [3.8, 4) is 0 Å². The highest BCUT2D eigenvalue weighted by Crippen LogP contribution is 1.91. The molecule has 0 aliphatic rings. The Hall–Kier alpha value is -0.940. The number of hydroxylamine groups is 1. The summed E-state index contributed by atoms with van der Waals surface area (Å²) in [5.41, 5.74) is 1.51. The molecule has 58 valence electrons. The Labute approximate surface area is 57.6 Å². The molecule has 0 radical (unpaired) electrons. The van der Waals surface area contributed by atoms with Crippen LogP contribution >= 0.6 is 0 Å². The summed E-state index contributed by atoms with van der Waals surface area (Å²) in [5, 5.41) is 16.4. The van der Waals surface area contributed by atoms with E-state index in [0.717, 1.165) is 0 Å². The zero-order chi connectivity index (χ0) is 8.15. The van der Waals surface area contributed by atoms with Crippen LogP contribution < -0.4 is 5.48 Å². The Kier molecular flexibility index (Phi) is 3.60. The molecule has 0 heterocycles. The van der Waals surface area contributed by atoms with Crippen molar-refractivity contribution in [3.05, 3.63) is 0 Å². The van der Waals surface area contributed by atoms with Crippen molar-refractivity contribution >= 4 is 11.8 Å². The molecule has 0 aromatic rings. The second-order valence-corrected chi connectivity index (χ2v) is 1.93. The molecule has 0 bridgehead atoms. The Bertz CT molecular complexity index is 145. The number of ketones is 1. The average Bonchev–Trinajstić information content (AvgIpc) is 1.81. The lowest BCUT2D eigenvalue weighted by Gasteiger charge is -2.05. The Morgan fingerprint density at radius 1 is 1.60 bits per heavy atom. The minimum atomic E-state index is -1.24. The van der Waals surface area contributed by atoms with Crippen molar-refractivity contribution in [1.82, 2.24) is 5.48 Å². The van der Waals surface area contributed by atoms with Gasteiger partial charge in [-0.15, -0.1) is 0 Å². The molecule has 0 amide bonds. The number of carboxylic acids is 1. The summed E-state index contributed by atoms with van der Waals surface area (Å²) in [7, 11) is 0. The van der Waals surface area contributed by atoms with Crippen molar-refractivity contribution in [1.29, 1.82) is 0 Å². The first kappa shape index (κ1) is 9.06. The fourth-order valence-corrected chi connectivity index (χ4v) is 0.476. The second-order valence-electron chi connectivity index (χ2n) is 1.93. The van der Waals surface area contributed by atoms with Gasteiger partial charge in [0.05, 0.1) is 0 Å². The van der Waals surface area contributed by atoms with Gasteiger partial charge in [0, 0.05) is 6.42 Å². The highest BCUT2D eigenvalue weighted by Gasteiger charge is 2.17. The van der Waals surface area contributed by atoms with Gasteiger partial charge in [-0.1, -0.05) is 0 Å². The zero-order valence-corrected chi connectivity index (χ0v) is 5.50. The number of Topliss-reactive ketones (excluding diaryl/α,β-unsaturated/α-hetero) is 1. The van der Waals surface area contributed by atoms with Gasteiger partial charge in [0.25, 0.3) is 0 Å². The zero-order valence-electron chi connectivity index (χ0n) is 5.50. The number of hydrogen-bond acceptors (Lipinski definition) is 4. The van der Waals surface area contributed by atoms with Gasteiger partial charge in [0.15, 0.2) is 0 Å². The van der Waals surface area contributed by atoms with Crippen molar-refractivity contribution in [3.63, 3.8) is 0 Å². The highest BCUT2D eigenvalue weighted by atomic mass is 16.5. The third-order valence-electron chi connectivity index (χ3n) is 0.946. The topological polar surface area (TPSA) is 86.6 Å². The van der Waals surface area contributed by atoms with E-state index in [2.05, 4.69) is 0 Å². The largest absolute Gasteiger partial charge is 0.480 e. The van der Waals surface area contributed by atoms with Crippen LogP contribution in [0.15, 0.2) is 0 Å². The van der Waals surface area contributed by atoms with E-state index >= 15 is 0 Å². The third-order valence-corrected chi connectivity index (χ3v) is 0.946. The van der Waals surface area contributed by atoms with E-state index in [4.69, 9.17) is 10.3 Å². The molecule has 0 rings (SSSR count). The van der Waals surface area contributed by atoms with Gasteiger partial charge in [-0.05, 0) is 6.92 Å². The van der Waals surface area contributed by atoms with E-state index in [1.807, 2.05) is 0 Å². The highest BCUT2D eigenvalue weighted by molar-refractivity contribution is 5.83. The molecular weight excluding hydrogens is 138 g/mol. The molecule has 5 nitrogen and oxygen atoms in total. The SMILES string of the molecule is CC(=O)CC(NO)C(=O)O. The van der Waals surface area contributed by atoms with E-state index < -0.39 is 12.0 Å². The van der Waals surface area contributed by atoms with Crippen LogP contribution in [-0.4, -0.2) is 28.1 Å². The lowest BCUT2D eigenvalue weighted by atomic mass is 10.2. The number of aliphatic carboxylic acids is 1. The summed E-state index contributed by atoms with van der Waals surface area (Å²) in [4.78, 5) is 20.4. The lowest BCUT2D eigenvalue weighted by molar-refractivity contribution is -0.144. The Morgan fingerprint density at radius 2 is 2.10 bits per heavy atom. The molecule has 0 spiro atoms. The number of carbonyl (C=O) groups is 2. The summed E-state index contributed by atoms with van der Waals surface area (Å²) in [5.74, 6) is -1.52. The molecule has 0 saturated carbocycles. The number of rotatable bonds is 4. The van der Waals surface area contributed by atoms with Crippen LogP contribution in [0.2, 0.25) is 0 Å². The van der Waals surface area contributed by atoms with Crippen LogP contribution in [0.5, 0.6) is 0 Å². The maximum absolute atomic E-state index is 10.3. The number of carboxylic acid groups (broad SMARTS) is 1. The van der Waals surface area contributed by atoms with Gasteiger partial charge in [0.1, 0.15) is 11.8 Å². The van der Waals surface area contributed by atoms with Crippen molar-refractivity contribution in [2.45, 2.75) is 19.4 Å². The van der Waals surface area contributed by atoms with Crippen LogP contribution in [-0.2, 0) is 9.59 Å². The van der Waals surface area contributed by atoms with E-state index in [1.165, 1.54) is 12.4 Å². The van der Waals surface area contributed by atoms with Crippen LogP contribution in [0.25, 0.3) is 0 Å². The second kappa shape index (κ2) is 3.97. The predicted octanol–water partition coefficient (Wildman–Crippen LogP) is -0.603. The standard InChI is InChI=1S/C5H9NO4/c1-3(7)2-4(6-10)5(8)9/h4,6,10H,2H2,1H3,(H,8,9). The molecule has 3 N–H and O–H groups in total. The maximum atomic E-state index is 10.3. The summed E-state index contributed by atoms with van der Waals surface area (Å²) in [6, 6.07) is -1.18. The van der Waals surface area contributed by atoms with Gasteiger partial charge in [0.2, 0.25) is 0 Å². The summed E-state index contributed by atoms with van der Waals surface area (Å²) >= 11 is 0. The number of carbonyl (C=O) groups excluding carboxylic acids is 1. The van der Waals surface area contributed by atoms with E-state index in [1.54, 1.807) is 0 Å². The molecule has 1 atom stereocenters. The fourth-order valence-electron chi connectivity index (χ4n) is 0.476. The summed E-state index contributed by atoms with van der Waals surface area (Å²) < 4.78 is 0. The van der Waals surface area contributed by atoms with Crippen molar-refractivity contribution in [2.24, 2.45) is 0 Å². The van der Waals surface area contributed by atoms with Gasteiger partial charge in [-0.25, -0.2) is 0 Å². The first-order valence-corrected chi connectivity index (χ1v) is 2.69. The minimum Gasteiger partial charge on any atom is -0.480 e. The van der Waals surface area contributed by atoms with E-state index in [9.17, 15) is 9.59 Å². The Balaban J connectivity index is 3.83. The molecule has 0 aromatic heterocycles.